The van der Waals surface area contributed by atoms with Gasteiger partial charge in [0, 0.05) is 6.54 Å². The van der Waals surface area contributed by atoms with Crippen molar-refractivity contribution in [3.63, 3.8) is 0 Å². The largest absolute Gasteiger partial charge is 0.481 e. The summed E-state index contributed by atoms with van der Waals surface area (Å²) in [4.78, 5) is 26.4. The smallest absolute Gasteiger partial charge is 0.308 e. The van der Waals surface area contributed by atoms with E-state index in [-0.39, 0.29) is 23.7 Å². The lowest BCUT2D eigenvalue weighted by Gasteiger charge is -2.23. The van der Waals surface area contributed by atoms with Gasteiger partial charge in [-0.3, -0.25) is 14.7 Å². The minimum absolute atomic E-state index is 0.0302. The van der Waals surface area contributed by atoms with Crippen molar-refractivity contribution in [1.82, 2.24) is 20.5 Å². The number of nitrogens with zero attached hydrogens (tertiary/aromatic N) is 2. The molecule has 0 aromatic carbocycles. The maximum Gasteiger partial charge on any atom is 0.308 e. The molecule has 0 saturated carbocycles. The van der Waals surface area contributed by atoms with Gasteiger partial charge in [0.15, 0.2) is 0 Å². The van der Waals surface area contributed by atoms with Crippen molar-refractivity contribution in [1.29, 1.82) is 0 Å². The molecule has 1 aromatic rings. The summed E-state index contributed by atoms with van der Waals surface area (Å²) in [6.07, 6.45) is 0.459. The first-order chi connectivity index (χ1) is 8.69. The number of carbonyl (C=O) groups is 2. The molecule has 106 valence electrons. The van der Waals surface area contributed by atoms with E-state index in [4.69, 9.17) is 10.8 Å². The van der Waals surface area contributed by atoms with E-state index in [1.807, 2.05) is 20.8 Å². The van der Waals surface area contributed by atoms with Crippen LogP contribution >= 0.6 is 0 Å². The highest BCUT2D eigenvalue weighted by molar-refractivity contribution is 5.90. The molecule has 8 nitrogen and oxygen atoms in total. The number of carbonyl (C=O) groups excluding carboxylic acids is 1. The maximum absolute atomic E-state index is 11.7. The zero-order chi connectivity index (χ0) is 14.6. The minimum Gasteiger partial charge on any atom is -0.481 e. The van der Waals surface area contributed by atoms with Gasteiger partial charge < -0.3 is 16.2 Å². The van der Waals surface area contributed by atoms with Crippen molar-refractivity contribution in [3.05, 3.63) is 5.82 Å². The van der Waals surface area contributed by atoms with Gasteiger partial charge in [0.2, 0.25) is 11.8 Å². The highest BCUT2D eigenvalue weighted by Gasteiger charge is 2.25. The molecular weight excluding hydrogens is 250 g/mol. The maximum atomic E-state index is 11.7. The highest BCUT2D eigenvalue weighted by atomic mass is 16.4. The van der Waals surface area contributed by atoms with E-state index in [2.05, 4.69) is 20.5 Å². The van der Waals surface area contributed by atoms with E-state index in [0.29, 0.717) is 6.42 Å². The van der Waals surface area contributed by atoms with E-state index < -0.39 is 17.8 Å². The lowest BCUT2D eigenvalue weighted by atomic mass is 9.84. The van der Waals surface area contributed by atoms with Crippen LogP contribution in [0.5, 0.6) is 0 Å². The number of nitrogens with two attached hydrogens (primary N) is 1. The molecule has 0 bridgehead atoms. The lowest BCUT2D eigenvalue weighted by Crippen LogP contribution is -2.35. The molecule has 0 aliphatic rings. The van der Waals surface area contributed by atoms with Gasteiger partial charge in [0.1, 0.15) is 0 Å². The van der Waals surface area contributed by atoms with Crippen LogP contribution in [-0.4, -0.2) is 38.7 Å². The van der Waals surface area contributed by atoms with Crippen LogP contribution in [0.4, 0.5) is 5.95 Å². The van der Waals surface area contributed by atoms with Crippen molar-refractivity contribution < 1.29 is 14.7 Å². The highest BCUT2D eigenvalue weighted by Crippen LogP contribution is 2.24. The second kappa shape index (κ2) is 5.68. The Bertz CT molecular complexity index is 463. The van der Waals surface area contributed by atoms with Gasteiger partial charge in [-0.2, -0.15) is 4.98 Å². The molecule has 1 atom stereocenters. The predicted molar refractivity (Wildman–Crippen MR) is 68.3 cm³/mol. The van der Waals surface area contributed by atoms with Crippen LogP contribution in [0, 0.1) is 11.3 Å². The van der Waals surface area contributed by atoms with E-state index in [1.54, 1.807) is 0 Å². The molecule has 1 unspecified atom stereocenters. The summed E-state index contributed by atoms with van der Waals surface area (Å²) in [6.45, 7) is 5.87. The van der Waals surface area contributed by atoms with Crippen LogP contribution in [0.15, 0.2) is 0 Å². The van der Waals surface area contributed by atoms with Crippen LogP contribution in [-0.2, 0) is 4.79 Å². The Morgan fingerprint density at radius 2 is 2.11 bits per heavy atom. The Hall–Kier alpha value is -2.12. The number of hydrogen-bond acceptors (Lipinski definition) is 5. The first-order valence-corrected chi connectivity index (χ1v) is 5.88. The van der Waals surface area contributed by atoms with Crippen molar-refractivity contribution in [3.8, 4) is 0 Å². The molecule has 0 radical (unpaired) electrons. The third kappa shape index (κ3) is 4.94. The zero-order valence-electron chi connectivity index (χ0n) is 11.2. The lowest BCUT2D eigenvalue weighted by molar-refractivity contribution is -0.142. The van der Waals surface area contributed by atoms with Crippen LogP contribution in [0.1, 0.15) is 37.8 Å². The fourth-order valence-corrected chi connectivity index (χ4v) is 1.66. The first kappa shape index (κ1) is 14.9. The number of nitrogens with one attached hydrogen (secondary N) is 2. The second-order valence-electron chi connectivity index (χ2n) is 5.55. The third-order valence-electron chi connectivity index (χ3n) is 2.43. The Morgan fingerprint density at radius 3 is 2.53 bits per heavy atom. The van der Waals surface area contributed by atoms with Gasteiger partial charge in [-0.25, -0.2) is 0 Å². The fraction of sp³-hybridized carbons (Fsp3) is 0.636. The summed E-state index contributed by atoms with van der Waals surface area (Å²) >= 11 is 0. The Kier molecular flexibility index (Phi) is 4.47. The van der Waals surface area contributed by atoms with Gasteiger partial charge >= 0.3 is 5.97 Å². The zero-order valence-corrected chi connectivity index (χ0v) is 11.2. The number of H-pyrrole nitrogens is 1. The minimum atomic E-state index is -0.938. The molecule has 1 heterocycles. The van der Waals surface area contributed by atoms with Gasteiger partial charge in [-0.15, -0.1) is 5.10 Å². The van der Waals surface area contributed by atoms with E-state index >= 15 is 0 Å². The molecular formula is C11H19N5O3. The number of amides is 1. The average Bonchev–Trinajstić information content (AvgIpc) is 2.68. The second-order valence-corrected chi connectivity index (χ2v) is 5.55. The summed E-state index contributed by atoms with van der Waals surface area (Å²) in [5.74, 6) is -2.17. The number of anilines is 1. The molecule has 0 spiro atoms. The number of hydrogen-bond donors (Lipinski definition) is 4. The summed E-state index contributed by atoms with van der Waals surface area (Å²) in [5, 5.41) is 17.5. The molecule has 8 heteroatoms. The third-order valence-corrected chi connectivity index (χ3v) is 2.43. The summed E-state index contributed by atoms with van der Waals surface area (Å²) in [7, 11) is 0. The molecule has 0 fully saturated rings. The topological polar surface area (TPSA) is 134 Å². The molecule has 19 heavy (non-hydrogen) atoms. The van der Waals surface area contributed by atoms with E-state index in [1.165, 1.54) is 0 Å². The first-order valence-electron chi connectivity index (χ1n) is 5.88. The van der Waals surface area contributed by atoms with Gasteiger partial charge in [0.25, 0.3) is 5.91 Å². The summed E-state index contributed by atoms with van der Waals surface area (Å²) < 4.78 is 0. The molecule has 1 rings (SSSR count). The number of rotatable bonds is 5. The molecule has 1 aromatic heterocycles. The van der Waals surface area contributed by atoms with E-state index in [9.17, 15) is 9.59 Å². The number of aromatic nitrogens is 3. The van der Waals surface area contributed by atoms with Crippen molar-refractivity contribution >= 4 is 17.8 Å². The number of aliphatic carboxylic acids is 1. The molecule has 0 saturated heterocycles. The number of carboxylic acids is 1. The Morgan fingerprint density at radius 1 is 1.47 bits per heavy atom. The van der Waals surface area contributed by atoms with Crippen LogP contribution in [0.3, 0.4) is 0 Å². The number of nitrogen functional groups attached to an aromatic ring is 1. The van der Waals surface area contributed by atoms with Crippen LogP contribution in [0.2, 0.25) is 0 Å². The van der Waals surface area contributed by atoms with Gasteiger partial charge in [0.05, 0.1) is 5.92 Å². The standard InChI is InChI=1S/C11H19N5O3/c1-11(2,3)4-6(9(18)19)5-13-8(17)7-14-10(12)16-15-7/h6H,4-5H2,1-3H3,(H,13,17)(H,18,19)(H3,12,14,15,16). The number of aromatic amines is 1. The quantitative estimate of drug-likeness (QED) is 0.605. The van der Waals surface area contributed by atoms with E-state index in [0.717, 1.165) is 0 Å². The van der Waals surface area contributed by atoms with Gasteiger partial charge in [-0.05, 0) is 11.8 Å². The van der Waals surface area contributed by atoms with Crippen molar-refractivity contribution in [2.24, 2.45) is 11.3 Å². The molecule has 1 amide bonds. The average molecular weight is 269 g/mol. The molecule has 0 aliphatic carbocycles. The van der Waals surface area contributed by atoms with Crippen LogP contribution < -0.4 is 11.1 Å². The summed E-state index contributed by atoms with van der Waals surface area (Å²) in [5.41, 5.74) is 5.14. The SMILES string of the molecule is CC(C)(C)CC(CNC(=O)c1nc(N)n[nH]1)C(=O)O. The number of carboxylic acid groups (broad SMARTS) is 1. The predicted octanol–water partition coefficient (Wildman–Crippen LogP) is 0.254. The van der Waals surface area contributed by atoms with Crippen molar-refractivity contribution in [2.75, 3.05) is 12.3 Å². The Balaban J connectivity index is 2.57. The molecule has 0 aliphatic heterocycles. The Labute approximate surface area is 110 Å². The fourth-order valence-electron chi connectivity index (χ4n) is 1.66. The summed E-state index contributed by atoms with van der Waals surface area (Å²) in [6, 6.07) is 0. The molecule has 5 N–H and O–H groups in total. The monoisotopic (exact) mass is 269 g/mol. The normalized spacial score (nSPS) is 13.0. The van der Waals surface area contributed by atoms with Crippen molar-refractivity contribution in [2.45, 2.75) is 27.2 Å². The van der Waals surface area contributed by atoms with Gasteiger partial charge in [-0.1, -0.05) is 20.8 Å². The van der Waals surface area contributed by atoms with Crippen LogP contribution in [0.25, 0.3) is 0 Å².